The minimum absolute atomic E-state index is 0.0404. The van der Waals surface area contributed by atoms with E-state index in [9.17, 15) is 19.6 Å². The third-order valence-corrected chi connectivity index (χ3v) is 8.61. The van der Waals surface area contributed by atoms with Crippen molar-refractivity contribution in [3.8, 4) is 23.3 Å². The third-order valence-electron chi connectivity index (χ3n) is 8.37. The zero-order valence-electron chi connectivity index (χ0n) is 25.6. The normalized spacial score (nSPS) is 22.4. The Hall–Kier alpha value is -4.10. The first kappa shape index (κ1) is 31.8. The highest BCUT2D eigenvalue weighted by Crippen LogP contribution is 2.47. The van der Waals surface area contributed by atoms with Gasteiger partial charge in [-0.05, 0) is 77.7 Å². The number of carbonyl (C=O) groups excluding carboxylic acids is 2. The molecule has 4 rings (SSSR count). The summed E-state index contributed by atoms with van der Waals surface area (Å²) in [4.78, 5) is 41.6. The average molecular weight is 608 g/mol. The number of nitrogens with one attached hydrogen (secondary N) is 2. The third kappa shape index (κ3) is 6.47. The number of aromatic nitrogens is 2. The fraction of sp³-hybridized carbons (Fsp3) is 0.469. The van der Waals surface area contributed by atoms with Crippen molar-refractivity contribution in [2.75, 3.05) is 7.11 Å². The number of benzene rings is 1. The van der Waals surface area contributed by atoms with Crippen molar-refractivity contribution in [2.24, 2.45) is 10.8 Å². The molecule has 2 aromatic rings. The molecule has 1 aromatic carbocycles. The van der Waals surface area contributed by atoms with Crippen molar-refractivity contribution in [3.05, 3.63) is 68.6 Å². The summed E-state index contributed by atoms with van der Waals surface area (Å²) < 4.78 is 11.4. The summed E-state index contributed by atoms with van der Waals surface area (Å²) in [5.74, 6) is -0.176. The van der Waals surface area contributed by atoms with Gasteiger partial charge in [0.2, 0.25) is 5.91 Å². The number of ether oxygens (including phenoxy) is 2. The highest BCUT2D eigenvalue weighted by atomic mass is 35.5. The fourth-order valence-electron chi connectivity index (χ4n) is 6.02. The molecule has 2 N–H and O–H groups in total. The standard InChI is InChI=1S/C32H38ClN5O5/c1-18-13-21(15-23(42-7)27(18)43-24-14-19(2)36-37-29(24)40)28(39)35-20(3)30(41)38-25(31(4,5)17-34)10-11-26(38)32(6)12-8-9-22(33)16-32/h8-9,13-16,20,25-26H,10-12H2,1-7H3,(H,35,39)(H,37,40)/t20-,25-,26+,32?/m1/s1. The molecule has 1 fully saturated rings. The Balaban J connectivity index is 1.59. The maximum absolute atomic E-state index is 14.1. The molecule has 1 aromatic heterocycles. The molecule has 1 saturated heterocycles. The molecule has 0 bridgehead atoms. The number of allylic oxidation sites excluding steroid dienone is 3. The zero-order chi connectivity index (χ0) is 31.7. The second-order valence-corrected chi connectivity index (χ2v) is 12.6. The molecule has 0 spiro atoms. The van der Waals surface area contributed by atoms with Gasteiger partial charge in [0.25, 0.3) is 5.91 Å². The Morgan fingerprint density at radius 1 is 1.26 bits per heavy atom. The van der Waals surface area contributed by atoms with Gasteiger partial charge in [-0.2, -0.15) is 10.4 Å². The predicted molar refractivity (Wildman–Crippen MR) is 163 cm³/mol. The molecule has 0 radical (unpaired) electrons. The van der Waals surface area contributed by atoms with Crippen LogP contribution in [0, 0.1) is 36.0 Å². The number of carbonyl (C=O) groups is 2. The summed E-state index contributed by atoms with van der Waals surface area (Å²) in [5.41, 5.74) is -0.342. The van der Waals surface area contributed by atoms with E-state index in [2.05, 4.69) is 28.5 Å². The molecule has 11 heteroatoms. The van der Waals surface area contributed by atoms with Crippen LogP contribution in [0.3, 0.4) is 0 Å². The Kier molecular flexibility index (Phi) is 9.07. The lowest BCUT2D eigenvalue weighted by molar-refractivity contribution is -0.139. The molecule has 0 saturated carbocycles. The minimum atomic E-state index is -0.882. The largest absolute Gasteiger partial charge is 0.493 e. The lowest BCUT2D eigenvalue weighted by Gasteiger charge is -2.44. The number of H-pyrrole nitrogens is 1. The summed E-state index contributed by atoms with van der Waals surface area (Å²) in [6.45, 7) is 10.9. The Bertz CT molecular complexity index is 1590. The lowest BCUT2D eigenvalue weighted by Crippen LogP contribution is -2.57. The highest BCUT2D eigenvalue weighted by Gasteiger charge is 2.51. The maximum Gasteiger partial charge on any atom is 0.307 e. The van der Waals surface area contributed by atoms with E-state index in [1.165, 1.54) is 19.2 Å². The monoisotopic (exact) mass is 607 g/mol. The Labute approximate surface area is 256 Å². The number of nitrogens with zero attached hydrogens (tertiary/aromatic N) is 3. The zero-order valence-corrected chi connectivity index (χ0v) is 26.3. The van der Waals surface area contributed by atoms with E-state index in [4.69, 9.17) is 21.1 Å². The molecular weight excluding hydrogens is 570 g/mol. The molecular formula is C32H38ClN5O5. The lowest BCUT2D eigenvalue weighted by atomic mass is 9.75. The summed E-state index contributed by atoms with van der Waals surface area (Å²) in [6, 6.07) is 5.58. The topological polar surface area (TPSA) is 137 Å². The summed E-state index contributed by atoms with van der Waals surface area (Å²) in [6.07, 6.45) is 7.94. The Morgan fingerprint density at radius 3 is 2.63 bits per heavy atom. The molecule has 43 heavy (non-hydrogen) atoms. The van der Waals surface area contributed by atoms with Crippen molar-refractivity contribution in [3.63, 3.8) is 0 Å². The molecule has 4 atom stereocenters. The molecule has 1 aliphatic carbocycles. The smallest absolute Gasteiger partial charge is 0.307 e. The van der Waals surface area contributed by atoms with Crippen LogP contribution >= 0.6 is 11.6 Å². The summed E-state index contributed by atoms with van der Waals surface area (Å²) in [5, 5.41) is 19.7. The van der Waals surface area contributed by atoms with Crippen LogP contribution in [0.5, 0.6) is 17.2 Å². The van der Waals surface area contributed by atoms with E-state index >= 15 is 0 Å². The number of likely N-dealkylation sites (tertiary alicyclic amines) is 1. The minimum Gasteiger partial charge on any atom is -0.493 e. The van der Waals surface area contributed by atoms with E-state index < -0.39 is 28.3 Å². The molecule has 10 nitrogen and oxygen atoms in total. The maximum atomic E-state index is 14.1. The number of halogens is 1. The van der Waals surface area contributed by atoms with Gasteiger partial charge >= 0.3 is 5.56 Å². The van der Waals surface area contributed by atoms with Gasteiger partial charge in [-0.3, -0.25) is 14.4 Å². The van der Waals surface area contributed by atoms with E-state index in [0.717, 1.165) is 0 Å². The van der Waals surface area contributed by atoms with E-state index in [1.807, 2.05) is 37.0 Å². The van der Waals surface area contributed by atoms with Crippen LogP contribution in [0.15, 0.2) is 46.3 Å². The van der Waals surface area contributed by atoms with Gasteiger partial charge in [0.1, 0.15) is 6.04 Å². The first-order valence-electron chi connectivity index (χ1n) is 14.2. The van der Waals surface area contributed by atoms with Gasteiger partial charge < -0.3 is 19.7 Å². The SMILES string of the molecule is COc1cc(C(=O)N[C@H](C)C(=O)N2[C@H](C3(C)C=C(Cl)C=CC3)CC[C@@H]2C(C)(C)C#N)cc(C)c1Oc1cc(C)n[nH]c1=O. The van der Waals surface area contributed by atoms with Crippen molar-refractivity contribution < 1.29 is 19.1 Å². The summed E-state index contributed by atoms with van der Waals surface area (Å²) in [7, 11) is 1.43. The molecule has 2 amide bonds. The van der Waals surface area contributed by atoms with Gasteiger partial charge in [0.15, 0.2) is 17.2 Å². The van der Waals surface area contributed by atoms with Crippen LogP contribution in [0.4, 0.5) is 0 Å². The number of hydrogen-bond acceptors (Lipinski definition) is 7. The number of methoxy groups -OCH3 is 1. The number of aromatic amines is 1. The number of nitriles is 1. The van der Waals surface area contributed by atoms with Crippen LogP contribution in [0.2, 0.25) is 0 Å². The van der Waals surface area contributed by atoms with Crippen LogP contribution in [-0.2, 0) is 4.79 Å². The molecule has 1 aliphatic heterocycles. The fourth-order valence-corrected chi connectivity index (χ4v) is 6.35. The van der Waals surface area contributed by atoms with Crippen molar-refractivity contribution in [1.82, 2.24) is 20.4 Å². The van der Waals surface area contributed by atoms with Gasteiger partial charge in [-0.25, -0.2) is 5.10 Å². The number of rotatable bonds is 8. The van der Waals surface area contributed by atoms with E-state index in [0.29, 0.717) is 35.6 Å². The average Bonchev–Trinajstić information content (AvgIpc) is 3.42. The molecule has 1 unspecified atom stereocenters. The second kappa shape index (κ2) is 12.3. The quantitative estimate of drug-likeness (QED) is 0.415. The van der Waals surface area contributed by atoms with Gasteiger partial charge in [-0.15, -0.1) is 0 Å². The van der Waals surface area contributed by atoms with Crippen molar-refractivity contribution in [2.45, 2.75) is 78.9 Å². The van der Waals surface area contributed by atoms with Gasteiger partial charge in [0, 0.05) is 28.1 Å². The number of amides is 2. The molecule has 228 valence electrons. The summed E-state index contributed by atoms with van der Waals surface area (Å²) >= 11 is 6.39. The number of aryl methyl sites for hydroxylation is 2. The van der Waals surface area contributed by atoms with Gasteiger partial charge in [0.05, 0.1) is 30.3 Å². The van der Waals surface area contributed by atoms with E-state index in [1.54, 1.807) is 26.8 Å². The van der Waals surface area contributed by atoms with Crippen LogP contribution in [0.25, 0.3) is 0 Å². The Morgan fingerprint density at radius 2 is 1.98 bits per heavy atom. The van der Waals surface area contributed by atoms with Crippen LogP contribution < -0.4 is 20.3 Å². The van der Waals surface area contributed by atoms with Crippen LogP contribution in [0.1, 0.15) is 68.6 Å². The van der Waals surface area contributed by atoms with E-state index in [-0.39, 0.29) is 40.8 Å². The second-order valence-electron chi connectivity index (χ2n) is 12.2. The molecule has 2 aliphatic rings. The first-order valence-corrected chi connectivity index (χ1v) is 14.6. The van der Waals surface area contributed by atoms with Gasteiger partial charge in [-0.1, -0.05) is 30.7 Å². The van der Waals surface area contributed by atoms with Crippen LogP contribution in [-0.4, -0.2) is 52.1 Å². The molecule has 2 heterocycles. The first-order chi connectivity index (χ1) is 20.2. The predicted octanol–water partition coefficient (Wildman–Crippen LogP) is 5.30. The number of hydrogen-bond donors (Lipinski definition) is 2. The highest BCUT2D eigenvalue weighted by molar-refractivity contribution is 6.31. The van der Waals surface area contributed by atoms with Crippen molar-refractivity contribution >= 4 is 23.4 Å². The van der Waals surface area contributed by atoms with Crippen molar-refractivity contribution in [1.29, 1.82) is 5.26 Å².